The Bertz CT molecular complexity index is 2830. The van der Waals surface area contributed by atoms with E-state index in [0.29, 0.717) is 0 Å². The Balaban J connectivity index is 1.25. The third-order valence-corrected chi connectivity index (χ3v) is 9.64. The molecule has 0 bridgehead atoms. The summed E-state index contributed by atoms with van der Waals surface area (Å²) in [5, 5.41) is 6.70. The van der Waals surface area contributed by atoms with Crippen molar-refractivity contribution in [2.45, 2.75) is 0 Å². The van der Waals surface area contributed by atoms with E-state index in [1.165, 1.54) is 11.1 Å². The fourth-order valence-corrected chi connectivity index (χ4v) is 7.38. The molecule has 0 fully saturated rings. The first-order valence-corrected chi connectivity index (χ1v) is 16.6. The van der Waals surface area contributed by atoms with Gasteiger partial charge in [-0.2, -0.15) is 0 Å². The highest BCUT2D eigenvalue weighted by atomic mass is 16.3. The second kappa shape index (κ2) is 11.0. The Labute approximate surface area is 282 Å². The molecule has 10 aromatic rings. The molecule has 8 aromatic carbocycles. The first-order chi connectivity index (χ1) is 24.3. The van der Waals surface area contributed by atoms with Gasteiger partial charge in [0.15, 0.2) is 0 Å². The molecule has 0 aliphatic heterocycles. The minimum absolute atomic E-state index is 0.865. The number of fused-ring (bicyclic) bond motifs is 7. The minimum atomic E-state index is 0.865. The van der Waals surface area contributed by atoms with Crippen LogP contribution in [0.15, 0.2) is 185 Å². The predicted molar refractivity (Wildman–Crippen MR) is 204 cm³/mol. The lowest BCUT2D eigenvalue weighted by Gasteiger charge is -2.28. The first-order valence-electron chi connectivity index (χ1n) is 16.6. The van der Waals surface area contributed by atoms with Gasteiger partial charge in [-0.05, 0) is 64.5 Å². The number of furan rings is 2. The van der Waals surface area contributed by atoms with Crippen molar-refractivity contribution >= 4 is 71.7 Å². The van der Waals surface area contributed by atoms with Crippen LogP contribution in [0.2, 0.25) is 0 Å². The summed E-state index contributed by atoms with van der Waals surface area (Å²) in [6, 6.07) is 62.0. The van der Waals surface area contributed by atoms with Crippen LogP contribution in [-0.4, -0.2) is 0 Å². The highest BCUT2D eigenvalue weighted by Gasteiger charge is 2.23. The third-order valence-electron chi connectivity index (χ3n) is 9.64. The van der Waals surface area contributed by atoms with E-state index in [9.17, 15) is 0 Å². The normalized spacial score (nSPS) is 11.7. The zero-order valence-corrected chi connectivity index (χ0v) is 26.5. The van der Waals surface area contributed by atoms with Crippen LogP contribution in [0.4, 0.5) is 17.1 Å². The Morgan fingerprint density at radius 2 is 1.00 bits per heavy atom. The molecule has 10 rings (SSSR count). The molecule has 0 amide bonds. The lowest BCUT2D eigenvalue weighted by Crippen LogP contribution is -2.11. The van der Waals surface area contributed by atoms with Crippen molar-refractivity contribution in [3.8, 4) is 22.3 Å². The number of para-hydroxylation sites is 3. The number of rotatable bonds is 5. The van der Waals surface area contributed by atoms with Crippen molar-refractivity contribution < 1.29 is 8.83 Å². The molecule has 0 aliphatic rings. The molecule has 0 N–H and O–H groups in total. The van der Waals surface area contributed by atoms with Crippen LogP contribution < -0.4 is 4.90 Å². The van der Waals surface area contributed by atoms with E-state index in [1.54, 1.807) is 0 Å². The van der Waals surface area contributed by atoms with Gasteiger partial charge in [0, 0.05) is 38.5 Å². The molecule has 0 aliphatic carbocycles. The van der Waals surface area contributed by atoms with Crippen molar-refractivity contribution in [3.05, 3.63) is 176 Å². The number of anilines is 3. The summed E-state index contributed by atoms with van der Waals surface area (Å²) in [5.41, 5.74) is 11.2. The van der Waals surface area contributed by atoms with Crippen molar-refractivity contribution in [1.29, 1.82) is 0 Å². The fourth-order valence-electron chi connectivity index (χ4n) is 7.38. The van der Waals surface area contributed by atoms with Gasteiger partial charge in [0.25, 0.3) is 0 Å². The van der Waals surface area contributed by atoms with Gasteiger partial charge in [-0.1, -0.05) is 133 Å². The zero-order chi connectivity index (χ0) is 32.3. The van der Waals surface area contributed by atoms with E-state index in [4.69, 9.17) is 8.83 Å². The van der Waals surface area contributed by atoms with Crippen molar-refractivity contribution in [2.24, 2.45) is 0 Å². The topological polar surface area (TPSA) is 29.5 Å². The molecule has 2 aromatic heterocycles. The molecule has 0 radical (unpaired) electrons. The Kier molecular flexibility index (Phi) is 6.18. The summed E-state index contributed by atoms with van der Waals surface area (Å²) < 4.78 is 13.0. The SMILES string of the molecule is c1ccc(-c2ccc(N(c3cccc(-c4cccc5c4oc4ccccc45)c3)c3c4ccccc4cc4oc5ccccc5c34)cc2)cc1. The molecule has 0 saturated carbocycles. The molecule has 3 nitrogen and oxygen atoms in total. The smallest absolute Gasteiger partial charge is 0.143 e. The highest BCUT2D eigenvalue weighted by molar-refractivity contribution is 6.22. The molecule has 0 spiro atoms. The minimum Gasteiger partial charge on any atom is -0.456 e. The first kappa shape index (κ1) is 27.5. The molecule has 3 heteroatoms. The van der Waals surface area contributed by atoms with E-state index >= 15 is 0 Å². The maximum absolute atomic E-state index is 6.53. The molecule has 0 unspecified atom stereocenters. The fraction of sp³-hybridized carbons (Fsp3) is 0. The molecular weight excluding hydrogens is 599 g/mol. The maximum Gasteiger partial charge on any atom is 0.143 e. The number of nitrogens with zero attached hydrogens (tertiary/aromatic N) is 1. The lowest BCUT2D eigenvalue weighted by atomic mass is 9.98. The van der Waals surface area contributed by atoms with Crippen molar-refractivity contribution in [1.82, 2.24) is 0 Å². The van der Waals surface area contributed by atoms with Gasteiger partial charge in [0.1, 0.15) is 22.3 Å². The quantitative estimate of drug-likeness (QED) is 0.190. The number of hydrogen-bond acceptors (Lipinski definition) is 3. The monoisotopic (exact) mass is 627 g/mol. The highest BCUT2D eigenvalue weighted by Crippen LogP contribution is 2.48. The summed E-state index contributed by atoms with van der Waals surface area (Å²) in [5.74, 6) is 0. The molecule has 0 atom stereocenters. The van der Waals surface area contributed by atoms with Gasteiger partial charge in [0.2, 0.25) is 0 Å². The van der Waals surface area contributed by atoms with Crippen LogP contribution in [0.25, 0.3) is 76.9 Å². The zero-order valence-electron chi connectivity index (χ0n) is 26.5. The largest absolute Gasteiger partial charge is 0.456 e. The summed E-state index contributed by atoms with van der Waals surface area (Å²) >= 11 is 0. The van der Waals surface area contributed by atoms with Crippen LogP contribution in [-0.2, 0) is 0 Å². The van der Waals surface area contributed by atoms with Gasteiger partial charge < -0.3 is 13.7 Å². The van der Waals surface area contributed by atoms with Crippen LogP contribution in [0.1, 0.15) is 0 Å². The Hall–Kier alpha value is -6.58. The van der Waals surface area contributed by atoms with Crippen LogP contribution in [0.5, 0.6) is 0 Å². The Morgan fingerprint density at radius 1 is 0.367 bits per heavy atom. The van der Waals surface area contributed by atoms with Crippen molar-refractivity contribution in [3.63, 3.8) is 0 Å². The molecule has 0 saturated heterocycles. The standard InChI is InChI=1S/C46H29NO2/c1-2-12-30(13-3-1)31-24-26-34(27-25-31)47(45-36-17-5-4-14-33(36)29-43-44(45)40-19-7-9-23-42(40)48-43)35-16-10-15-32(28-35)37-20-11-21-39-38-18-6-8-22-41(38)49-46(37)39/h1-29H. The van der Waals surface area contributed by atoms with Crippen molar-refractivity contribution in [2.75, 3.05) is 4.90 Å². The van der Waals surface area contributed by atoms with Gasteiger partial charge in [0.05, 0.1) is 11.1 Å². The predicted octanol–water partition coefficient (Wildman–Crippen LogP) is 13.4. The van der Waals surface area contributed by atoms with E-state index in [0.717, 1.165) is 82.8 Å². The maximum atomic E-state index is 6.53. The molecule has 230 valence electrons. The summed E-state index contributed by atoms with van der Waals surface area (Å²) in [6.07, 6.45) is 0. The number of benzene rings is 8. The van der Waals surface area contributed by atoms with Crippen LogP contribution >= 0.6 is 0 Å². The molecule has 2 heterocycles. The number of hydrogen-bond donors (Lipinski definition) is 0. The third kappa shape index (κ3) is 4.44. The van der Waals surface area contributed by atoms with E-state index in [1.807, 2.05) is 18.2 Å². The second-order valence-electron chi connectivity index (χ2n) is 12.5. The lowest BCUT2D eigenvalue weighted by molar-refractivity contribution is 0.669. The summed E-state index contributed by atoms with van der Waals surface area (Å²) in [4.78, 5) is 2.39. The Morgan fingerprint density at radius 3 is 1.84 bits per heavy atom. The van der Waals surface area contributed by atoms with Crippen LogP contribution in [0, 0.1) is 0 Å². The van der Waals surface area contributed by atoms with Gasteiger partial charge in [-0.3, -0.25) is 0 Å². The average Bonchev–Trinajstić information content (AvgIpc) is 3.74. The van der Waals surface area contributed by atoms with Gasteiger partial charge in [-0.25, -0.2) is 0 Å². The summed E-state index contributed by atoms with van der Waals surface area (Å²) in [6.45, 7) is 0. The summed E-state index contributed by atoms with van der Waals surface area (Å²) in [7, 11) is 0. The van der Waals surface area contributed by atoms with Crippen LogP contribution in [0.3, 0.4) is 0 Å². The average molecular weight is 628 g/mol. The second-order valence-corrected chi connectivity index (χ2v) is 12.5. The van der Waals surface area contributed by atoms with E-state index < -0.39 is 0 Å². The molecular formula is C46H29NO2. The van der Waals surface area contributed by atoms with Gasteiger partial charge in [-0.15, -0.1) is 0 Å². The van der Waals surface area contributed by atoms with E-state index in [2.05, 4.69) is 163 Å². The van der Waals surface area contributed by atoms with Gasteiger partial charge >= 0.3 is 0 Å². The van der Waals surface area contributed by atoms with E-state index in [-0.39, 0.29) is 0 Å². The molecule has 49 heavy (non-hydrogen) atoms.